The zero-order valence-electron chi connectivity index (χ0n) is 11.7. The van der Waals surface area contributed by atoms with Crippen molar-refractivity contribution in [2.45, 2.75) is 32.0 Å². The van der Waals surface area contributed by atoms with Gasteiger partial charge in [-0.3, -0.25) is 0 Å². The molecule has 20 heavy (non-hydrogen) atoms. The van der Waals surface area contributed by atoms with E-state index in [0.29, 0.717) is 12.8 Å². The van der Waals surface area contributed by atoms with Crippen molar-refractivity contribution in [3.05, 3.63) is 48.6 Å². The summed E-state index contributed by atoms with van der Waals surface area (Å²) in [5.74, 6) is -1.45. The summed E-state index contributed by atoms with van der Waals surface area (Å²) < 4.78 is 4.75. The van der Waals surface area contributed by atoms with Gasteiger partial charge in [0.25, 0.3) is 0 Å². The normalized spacial score (nSPS) is 15.2. The molecule has 0 fully saturated rings. The van der Waals surface area contributed by atoms with Crippen LogP contribution in [-0.2, 0) is 16.0 Å². The summed E-state index contributed by atoms with van der Waals surface area (Å²) >= 11 is 0. The van der Waals surface area contributed by atoms with Gasteiger partial charge in [-0.25, -0.2) is 4.79 Å². The Kier molecular flexibility index (Phi) is 6.98. The van der Waals surface area contributed by atoms with E-state index >= 15 is 0 Å². The van der Waals surface area contributed by atoms with Crippen molar-refractivity contribution in [1.82, 2.24) is 0 Å². The number of carbonyl (C=O) groups is 1. The van der Waals surface area contributed by atoms with Gasteiger partial charge in [-0.05, 0) is 25.3 Å². The average Bonchev–Trinajstić information content (AvgIpc) is 2.47. The van der Waals surface area contributed by atoms with Crippen molar-refractivity contribution in [3.8, 4) is 0 Å². The Hall–Kier alpha value is -1.65. The molecular formula is C16H22O4. The molecule has 0 aliphatic heterocycles. The van der Waals surface area contributed by atoms with E-state index < -0.39 is 24.1 Å². The molecule has 2 unspecified atom stereocenters. The fourth-order valence-corrected chi connectivity index (χ4v) is 2.03. The number of carbonyl (C=O) groups excluding carboxylic acids is 1. The second-order valence-electron chi connectivity index (χ2n) is 4.60. The molecule has 0 radical (unpaired) electrons. The fraction of sp³-hybridized carbons (Fsp3) is 0.438. The van der Waals surface area contributed by atoms with Gasteiger partial charge in [-0.1, -0.05) is 36.4 Å². The molecule has 0 aliphatic rings. The van der Waals surface area contributed by atoms with Crippen LogP contribution in [0, 0.1) is 5.92 Å². The molecule has 1 aromatic rings. The lowest BCUT2D eigenvalue weighted by Gasteiger charge is -2.23. The lowest BCUT2D eigenvalue weighted by Crippen LogP contribution is -2.37. The Bertz CT molecular complexity index is 416. The largest absolute Gasteiger partial charge is 0.464 e. The lowest BCUT2D eigenvalue weighted by atomic mass is 9.91. The van der Waals surface area contributed by atoms with Crippen LogP contribution in [-0.4, -0.2) is 35.0 Å². The predicted octanol–water partition coefficient (Wildman–Crippen LogP) is 1.71. The maximum atomic E-state index is 11.5. The highest BCUT2D eigenvalue weighted by molar-refractivity contribution is 5.75. The molecule has 4 nitrogen and oxygen atoms in total. The maximum Gasteiger partial charge on any atom is 0.335 e. The van der Waals surface area contributed by atoms with Crippen molar-refractivity contribution in [1.29, 1.82) is 0 Å². The van der Waals surface area contributed by atoms with Gasteiger partial charge in [0, 0.05) is 5.92 Å². The molecule has 0 aromatic heterocycles. The second-order valence-corrected chi connectivity index (χ2v) is 4.60. The summed E-state index contributed by atoms with van der Waals surface area (Å²) in [6.45, 7) is 5.43. The zero-order valence-corrected chi connectivity index (χ0v) is 11.7. The monoisotopic (exact) mass is 278 g/mol. The number of ether oxygens (including phenoxy) is 1. The Labute approximate surface area is 119 Å². The third-order valence-corrected chi connectivity index (χ3v) is 3.18. The van der Waals surface area contributed by atoms with Crippen LogP contribution < -0.4 is 0 Å². The molecule has 2 N–H and O–H groups in total. The SMILES string of the molecule is C=C[C@H](C(O)CCc1ccccc1)C(O)C(=O)OCC. The van der Waals surface area contributed by atoms with E-state index in [0.717, 1.165) is 5.56 Å². The third kappa shape index (κ3) is 4.79. The number of rotatable bonds is 8. The maximum absolute atomic E-state index is 11.5. The number of hydrogen-bond acceptors (Lipinski definition) is 4. The molecule has 3 atom stereocenters. The summed E-state index contributed by atoms with van der Waals surface area (Å²) in [5, 5.41) is 20.0. The summed E-state index contributed by atoms with van der Waals surface area (Å²) in [6, 6.07) is 9.73. The highest BCUT2D eigenvalue weighted by atomic mass is 16.5. The molecule has 0 bridgehead atoms. The Morgan fingerprint density at radius 1 is 1.35 bits per heavy atom. The van der Waals surface area contributed by atoms with Crippen LogP contribution >= 0.6 is 0 Å². The first-order chi connectivity index (χ1) is 9.60. The first-order valence-electron chi connectivity index (χ1n) is 6.79. The summed E-state index contributed by atoms with van der Waals surface area (Å²) in [4.78, 5) is 11.5. The molecule has 0 heterocycles. The quantitative estimate of drug-likeness (QED) is 0.561. The molecule has 110 valence electrons. The van der Waals surface area contributed by atoms with Crippen molar-refractivity contribution in [3.63, 3.8) is 0 Å². The van der Waals surface area contributed by atoms with Crippen LogP contribution in [0.1, 0.15) is 18.9 Å². The first kappa shape index (κ1) is 16.4. The number of esters is 1. The molecule has 0 saturated carbocycles. The Balaban J connectivity index is 2.56. The van der Waals surface area contributed by atoms with E-state index in [1.165, 1.54) is 6.08 Å². The minimum Gasteiger partial charge on any atom is -0.464 e. The van der Waals surface area contributed by atoms with Crippen molar-refractivity contribution in [2.75, 3.05) is 6.61 Å². The van der Waals surface area contributed by atoms with E-state index in [4.69, 9.17) is 4.74 Å². The predicted molar refractivity (Wildman–Crippen MR) is 77.1 cm³/mol. The van der Waals surface area contributed by atoms with Gasteiger partial charge in [-0.2, -0.15) is 0 Å². The van der Waals surface area contributed by atoms with Crippen LogP contribution in [0.3, 0.4) is 0 Å². The molecule has 4 heteroatoms. The molecule has 0 amide bonds. The number of aliphatic hydroxyl groups excluding tert-OH is 2. The molecule has 0 spiro atoms. The van der Waals surface area contributed by atoms with E-state index in [1.54, 1.807) is 6.92 Å². The summed E-state index contributed by atoms with van der Waals surface area (Å²) in [5.41, 5.74) is 1.10. The summed E-state index contributed by atoms with van der Waals surface area (Å²) in [6.07, 6.45) is 0.293. The van der Waals surface area contributed by atoms with E-state index in [2.05, 4.69) is 6.58 Å². The van der Waals surface area contributed by atoms with Crippen LogP contribution in [0.2, 0.25) is 0 Å². The minimum absolute atomic E-state index is 0.194. The van der Waals surface area contributed by atoms with Gasteiger partial charge < -0.3 is 14.9 Å². The van der Waals surface area contributed by atoms with Crippen LogP contribution in [0.25, 0.3) is 0 Å². The molecule has 1 rings (SSSR count). The van der Waals surface area contributed by atoms with Crippen molar-refractivity contribution in [2.24, 2.45) is 5.92 Å². The van der Waals surface area contributed by atoms with Gasteiger partial charge in [0.2, 0.25) is 0 Å². The van der Waals surface area contributed by atoms with Gasteiger partial charge in [0.1, 0.15) is 0 Å². The Morgan fingerprint density at radius 2 is 2.00 bits per heavy atom. The highest BCUT2D eigenvalue weighted by Gasteiger charge is 2.30. The standard InChI is InChI=1S/C16H22O4/c1-3-13(15(18)16(19)20-4-2)14(17)11-10-12-8-6-5-7-9-12/h3,5-9,13-15,17-18H,1,4,10-11H2,2H3/t13-,14?,15?/m1/s1. The lowest BCUT2D eigenvalue weighted by molar-refractivity contribution is -0.157. The van der Waals surface area contributed by atoms with Gasteiger partial charge in [0.05, 0.1) is 12.7 Å². The molecular weight excluding hydrogens is 256 g/mol. The third-order valence-electron chi connectivity index (χ3n) is 3.18. The van der Waals surface area contributed by atoms with E-state index in [-0.39, 0.29) is 6.61 Å². The van der Waals surface area contributed by atoms with Gasteiger partial charge in [-0.15, -0.1) is 6.58 Å². The number of hydrogen-bond donors (Lipinski definition) is 2. The molecule has 0 aliphatic carbocycles. The smallest absolute Gasteiger partial charge is 0.335 e. The second kappa shape index (κ2) is 8.51. The average molecular weight is 278 g/mol. The minimum atomic E-state index is -1.38. The van der Waals surface area contributed by atoms with E-state index in [9.17, 15) is 15.0 Å². The van der Waals surface area contributed by atoms with E-state index in [1.807, 2.05) is 30.3 Å². The summed E-state index contributed by atoms with van der Waals surface area (Å²) in [7, 11) is 0. The zero-order chi connectivity index (χ0) is 15.0. The number of aliphatic hydroxyl groups is 2. The van der Waals surface area contributed by atoms with Crippen LogP contribution in [0.5, 0.6) is 0 Å². The first-order valence-corrected chi connectivity index (χ1v) is 6.79. The molecule has 1 aromatic carbocycles. The highest BCUT2D eigenvalue weighted by Crippen LogP contribution is 2.17. The van der Waals surface area contributed by atoms with Crippen molar-refractivity contribution >= 4 is 5.97 Å². The fourth-order valence-electron chi connectivity index (χ4n) is 2.03. The van der Waals surface area contributed by atoms with Gasteiger partial charge >= 0.3 is 5.97 Å². The number of aryl methyl sites for hydroxylation is 1. The molecule has 0 saturated heterocycles. The van der Waals surface area contributed by atoms with Crippen LogP contribution in [0.15, 0.2) is 43.0 Å². The van der Waals surface area contributed by atoms with Crippen molar-refractivity contribution < 1.29 is 19.7 Å². The number of benzene rings is 1. The van der Waals surface area contributed by atoms with Gasteiger partial charge in [0.15, 0.2) is 6.10 Å². The van der Waals surface area contributed by atoms with Crippen LogP contribution in [0.4, 0.5) is 0 Å². The Morgan fingerprint density at radius 3 is 2.55 bits per heavy atom. The topological polar surface area (TPSA) is 66.8 Å².